The molecule has 8 heteroatoms. The molecule has 0 bridgehead atoms. The van der Waals surface area contributed by atoms with Crippen LogP contribution in [-0.4, -0.2) is 31.8 Å². The minimum Gasteiger partial charge on any atom is -0.507 e. The first-order chi connectivity index (χ1) is 11.3. The fourth-order valence-corrected chi connectivity index (χ4v) is 1.77. The number of aldehydes is 1. The Kier molecular flexibility index (Phi) is 4.60. The highest BCUT2D eigenvalue weighted by Gasteiger charge is 2.05. The second-order valence-electron chi connectivity index (χ2n) is 4.65. The second kappa shape index (κ2) is 6.61. The Bertz CT molecular complexity index is 958. The molecule has 1 heterocycles. The SMILES string of the molecule is O=Cc1cc(O)c(O)cc1O.O=c1ccc2cc(O)c(O)cc2o1. The molecule has 0 radical (unpaired) electrons. The van der Waals surface area contributed by atoms with Crippen LogP contribution in [-0.2, 0) is 0 Å². The van der Waals surface area contributed by atoms with Crippen molar-refractivity contribution < 1.29 is 34.7 Å². The van der Waals surface area contributed by atoms with Gasteiger partial charge in [-0.3, -0.25) is 4.79 Å². The smallest absolute Gasteiger partial charge is 0.336 e. The molecule has 5 N–H and O–H groups in total. The lowest BCUT2D eigenvalue weighted by Gasteiger charge is -1.99. The summed E-state index contributed by atoms with van der Waals surface area (Å²) < 4.78 is 4.77. The highest BCUT2D eigenvalue weighted by atomic mass is 16.4. The van der Waals surface area contributed by atoms with E-state index in [1.54, 1.807) is 0 Å². The molecular formula is C16H12O8. The van der Waals surface area contributed by atoms with E-state index in [4.69, 9.17) is 29.9 Å². The third-order valence-corrected chi connectivity index (χ3v) is 2.97. The maximum absolute atomic E-state index is 10.8. The lowest BCUT2D eigenvalue weighted by Crippen LogP contribution is -1.93. The van der Waals surface area contributed by atoms with Crippen LogP contribution in [0.5, 0.6) is 28.7 Å². The van der Waals surface area contributed by atoms with Gasteiger partial charge in [-0.2, -0.15) is 0 Å². The van der Waals surface area contributed by atoms with Gasteiger partial charge >= 0.3 is 5.63 Å². The van der Waals surface area contributed by atoms with Crippen LogP contribution >= 0.6 is 0 Å². The number of hydrogen-bond donors (Lipinski definition) is 5. The third-order valence-electron chi connectivity index (χ3n) is 2.97. The second-order valence-corrected chi connectivity index (χ2v) is 4.65. The van der Waals surface area contributed by atoms with Gasteiger partial charge in [0.05, 0.1) is 5.56 Å². The number of phenolic OH excluding ortho intramolecular Hbond substituents is 5. The zero-order valence-corrected chi connectivity index (χ0v) is 12.0. The summed E-state index contributed by atoms with van der Waals surface area (Å²) in [5, 5.41) is 45.3. The summed E-state index contributed by atoms with van der Waals surface area (Å²) in [6.07, 6.45) is 0.383. The first kappa shape index (κ1) is 16.7. The summed E-state index contributed by atoms with van der Waals surface area (Å²) in [5.74, 6) is -1.77. The first-order valence-corrected chi connectivity index (χ1v) is 6.47. The van der Waals surface area contributed by atoms with Crippen molar-refractivity contribution >= 4 is 17.3 Å². The van der Waals surface area contributed by atoms with Gasteiger partial charge in [-0.15, -0.1) is 0 Å². The van der Waals surface area contributed by atoms with Crippen molar-refractivity contribution in [2.75, 3.05) is 0 Å². The molecule has 0 amide bonds. The zero-order valence-electron chi connectivity index (χ0n) is 12.0. The Morgan fingerprint density at radius 3 is 2.00 bits per heavy atom. The van der Waals surface area contributed by atoms with E-state index in [-0.39, 0.29) is 28.4 Å². The molecule has 0 aliphatic heterocycles. The topological polar surface area (TPSA) is 148 Å². The van der Waals surface area contributed by atoms with E-state index in [1.807, 2.05) is 0 Å². The van der Waals surface area contributed by atoms with Crippen LogP contribution in [0.2, 0.25) is 0 Å². The first-order valence-electron chi connectivity index (χ1n) is 6.47. The molecule has 0 saturated heterocycles. The molecule has 3 rings (SSSR count). The van der Waals surface area contributed by atoms with E-state index in [0.29, 0.717) is 11.7 Å². The van der Waals surface area contributed by atoms with Crippen LogP contribution in [0.3, 0.4) is 0 Å². The molecule has 0 aliphatic rings. The van der Waals surface area contributed by atoms with Crippen molar-refractivity contribution in [3.63, 3.8) is 0 Å². The molecule has 124 valence electrons. The molecule has 0 aliphatic carbocycles. The number of fused-ring (bicyclic) bond motifs is 1. The van der Waals surface area contributed by atoms with Gasteiger partial charge in [0.25, 0.3) is 0 Å². The van der Waals surface area contributed by atoms with Crippen LogP contribution in [0.25, 0.3) is 11.0 Å². The summed E-state index contributed by atoms with van der Waals surface area (Å²) >= 11 is 0. The fourth-order valence-electron chi connectivity index (χ4n) is 1.77. The number of hydrogen-bond acceptors (Lipinski definition) is 8. The van der Waals surface area contributed by atoms with Gasteiger partial charge in [0.15, 0.2) is 29.3 Å². The number of rotatable bonds is 1. The van der Waals surface area contributed by atoms with Gasteiger partial charge in [0.2, 0.25) is 0 Å². The predicted octanol–water partition coefficient (Wildman–Crippen LogP) is 1.82. The zero-order chi connectivity index (χ0) is 17.9. The van der Waals surface area contributed by atoms with E-state index in [1.165, 1.54) is 24.3 Å². The van der Waals surface area contributed by atoms with Crippen LogP contribution in [0.4, 0.5) is 0 Å². The van der Waals surface area contributed by atoms with Gasteiger partial charge in [0, 0.05) is 23.6 Å². The van der Waals surface area contributed by atoms with Crippen LogP contribution in [0.1, 0.15) is 10.4 Å². The van der Waals surface area contributed by atoms with Gasteiger partial charge in [-0.25, -0.2) is 4.79 Å². The van der Waals surface area contributed by atoms with Gasteiger partial charge in [-0.05, 0) is 18.2 Å². The normalized spacial score (nSPS) is 10.0. The van der Waals surface area contributed by atoms with Crippen molar-refractivity contribution in [2.24, 2.45) is 0 Å². The maximum atomic E-state index is 10.8. The highest BCUT2D eigenvalue weighted by Crippen LogP contribution is 2.31. The van der Waals surface area contributed by atoms with Crippen molar-refractivity contribution in [2.45, 2.75) is 0 Å². The van der Waals surface area contributed by atoms with Crippen molar-refractivity contribution in [1.29, 1.82) is 0 Å². The molecule has 2 aromatic carbocycles. The highest BCUT2D eigenvalue weighted by molar-refractivity contribution is 5.81. The largest absolute Gasteiger partial charge is 0.507 e. The van der Waals surface area contributed by atoms with Gasteiger partial charge in [0.1, 0.15) is 11.3 Å². The van der Waals surface area contributed by atoms with E-state index in [9.17, 15) is 9.59 Å². The summed E-state index contributed by atoms with van der Waals surface area (Å²) in [6.45, 7) is 0. The number of carbonyl (C=O) groups excluding carboxylic acids is 1. The van der Waals surface area contributed by atoms with E-state index < -0.39 is 17.1 Å². The fraction of sp³-hybridized carbons (Fsp3) is 0. The van der Waals surface area contributed by atoms with Crippen LogP contribution in [0.15, 0.2) is 45.6 Å². The number of carbonyl (C=O) groups is 1. The standard InChI is InChI=1S/C9H6O4.C7H6O4/c10-6-3-5-1-2-9(12)13-8(5)4-7(6)11;8-3-4-1-6(10)7(11)2-5(4)9/h1-4,10-11H;1-3,9-11H. The summed E-state index contributed by atoms with van der Waals surface area (Å²) in [7, 11) is 0. The third kappa shape index (κ3) is 3.55. The Labute approximate surface area is 134 Å². The molecule has 0 spiro atoms. The van der Waals surface area contributed by atoms with Crippen molar-refractivity contribution in [3.8, 4) is 28.7 Å². The Morgan fingerprint density at radius 1 is 0.750 bits per heavy atom. The van der Waals surface area contributed by atoms with Crippen molar-refractivity contribution in [3.05, 3.63) is 52.4 Å². The van der Waals surface area contributed by atoms with Gasteiger partial charge < -0.3 is 29.9 Å². The average Bonchev–Trinajstić information content (AvgIpc) is 2.53. The molecule has 8 nitrogen and oxygen atoms in total. The quantitative estimate of drug-likeness (QED) is 0.196. The van der Waals surface area contributed by atoms with Crippen LogP contribution < -0.4 is 5.63 Å². The lowest BCUT2D eigenvalue weighted by molar-refractivity contribution is 0.112. The number of benzene rings is 2. The Hall–Kier alpha value is -3.68. The molecule has 0 atom stereocenters. The molecule has 1 aromatic heterocycles. The molecule has 0 unspecified atom stereocenters. The van der Waals surface area contributed by atoms with E-state index in [2.05, 4.69) is 0 Å². The molecular weight excluding hydrogens is 320 g/mol. The minimum atomic E-state index is -0.488. The Balaban J connectivity index is 0.000000177. The summed E-state index contributed by atoms with van der Waals surface area (Å²) in [6, 6.07) is 7.18. The predicted molar refractivity (Wildman–Crippen MR) is 82.6 cm³/mol. The van der Waals surface area contributed by atoms with E-state index >= 15 is 0 Å². The van der Waals surface area contributed by atoms with Crippen molar-refractivity contribution in [1.82, 2.24) is 0 Å². The summed E-state index contributed by atoms with van der Waals surface area (Å²) in [4.78, 5) is 20.9. The molecule has 0 saturated carbocycles. The lowest BCUT2D eigenvalue weighted by atomic mass is 10.2. The molecule has 0 fully saturated rings. The minimum absolute atomic E-state index is 0.0553. The maximum Gasteiger partial charge on any atom is 0.336 e. The summed E-state index contributed by atoms with van der Waals surface area (Å²) in [5.41, 5.74) is -0.291. The van der Waals surface area contributed by atoms with E-state index in [0.717, 1.165) is 12.1 Å². The number of aromatic hydroxyl groups is 5. The van der Waals surface area contributed by atoms with Gasteiger partial charge in [-0.1, -0.05) is 0 Å². The molecule has 3 aromatic rings. The Morgan fingerprint density at radius 2 is 1.33 bits per heavy atom. The number of phenols is 5. The monoisotopic (exact) mass is 332 g/mol. The van der Waals surface area contributed by atoms with Crippen LogP contribution in [0, 0.1) is 0 Å². The average molecular weight is 332 g/mol. The molecule has 24 heavy (non-hydrogen) atoms.